The Kier molecular flexibility index (Phi) is 4.70. The fourth-order valence-electron chi connectivity index (χ4n) is 2.94. The number of rotatable bonds is 4. The van der Waals surface area contributed by atoms with Crippen LogP contribution in [0.1, 0.15) is 18.4 Å². The first-order chi connectivity index (χ1) is 12.6. The number of hydrogen-bond donors (Lipinski definition) is 2. The summed E-state index contributed by atoms with van der Waals surface area (Å²) in [7, 11) is 0. The average molecular weight is 389 g/mol. The lowest BCUT2D eigenvalue weighted by molar-refractivity contribution is -0.253. The summed E-state index contributed by atoms with van der Waals surface area (Å²) in [5, 5.41) is 11.6. The Hall–Kier alpha value is -2.85. The number of alkyl halides is 4. The van der Waals surface area contributed by atoms with E-state index in [1.54, 1.807) is 0 Å². The van der Waals surface area contributed by atoms with Gasteiger partial charge >= 0.3 is 18.6 Å². The molecular formula is C16H15F4N3O4. The van der Waals surface area contributed by atoms with Crippen LogP contribution in [0.3, 0.4) is 0 Å². The number of nitrogens with one attached hydrogen (secondary N) is 1. The molecule has 1 aromatic carbocycles. The van der Waals surface area contributed by atoms with Gasteiger partial charge in [0.05, 0.1) is 0 Å². The fourth-order valence-corrected chi connectivity index (χ4v) is 2.94. The number of carbonyl (C=O) groups excluding carboxylic acids is 1. The highest BCUT2D eigenvalue weighted by molar-refractivity contribution is 6.15. The van der Waals surface area contributed by atoms with Crippen molar-refractivity contribution in [1.82, 2.24) is 10.2 Å². The number of ether oxygens (including phenoxy) is 1. The summed E-state index contributed by atoms with van der Waals surface area (Å²) >= 11 is 0. The van der Waals surface area contributed by atoms with Crippen molar-refractivity contribution < 1.29 is 37.0 Å². The molecule has 2 amide bonds. The summed E-state index contributed by atoms with van der Waals surface area (Å²) in [5.74, 6) is -0.624. The van der Waals surface area contributed by atoms with Crippen LogP contribution >= 0.6 is 0 Å². The van der Waals surface area contributed by atoms with Crippen molar-refractivity contribution in [2.24, 2.45) is 4.99 Å². The Morgan fingerprint density at radius 3 is 2.37 bits per heavy atom. The Morgan fingerprint density at radius 1 is 1.26 bits per heavy atom. The van der Waals surface area contributed by atoms with Crippen molar-refractivity contribution in [3.63, 3.8) is 0 Å². The highest BCUT2D eigenvalue weighted by Gasteiger charge is 2.47. The first kappa shape index (κ1) is 18.9. The van der Waals surface area contributed by atoms with Gasteiger partial charge in [-0.3, -0.25) is 9.79 Å². The molecule has 146 valence electrons. The van der Waals surface area contributed by atoms with Crippen molar-refractivity contribution in [2.45, 2.75) is 30.9 Å². The van der Waals surface area contributed by atoms with Gasteiger partial charge in [0.25, 0.3) is 5.91 Å². The van der Waals surface area contributed by atoms with Gasteiger partial charge in [0.2, 0.25) is 0 Å². The lowest BCUT2D eigenvalue weighted by Gasteiger charge is -2.33. The third-order valence-corrected chi connectivity index (χ3v) is 4.48. The van der Waals surface area contributed by atoms with E-state index in [2.05, 4.69) is 15.0 Å². The molecule has 2 aliphatic heterocycles. The van der Waals surface area contributed by atoms with Crippen LogP contribution in [-0.2, 0) is 4.79 Å². The molecule has 0 saturated carbocycles. The van der Waals surface area contributed by atoms with E-state index in [9.17, 15) is 27.2 Å². The average Bonchev–Trinajstić information content (AvgIpc) is 2.92. The summed E-state index contributed by atoms with van der Waals surface area (Å²) in [6.07, 6.45) is -9.20. The van der Waals surface area contributed by atoms with E-state index in [0.29, 0.717) is 5.56 Å². The smallest absolute Gasteiger partial charge is 0.461 e. The molecule has 7 nitrogen and oxygen atoms in total. The zero-order chi connectivity index (χ0) is 19.8. The summed E-state index contributed by atoms with van der Waals surface area (Å²) in [6.45, 7) is 0.323. The minimum absolute atomic E-state index is 0.162. The Labute approximate surface area is 150 Å². The molecule has 0 aromatic heterocycles. The number of likely N-dealkylation sites (tertiary alicyclic amines) is 1. The first-order valence-electron chi connectivity index (χ1n) is 7.97. The number of amidine groups is 1. The van der Waals surface area contributed by atoms with E-state index >= 15 is 0 Å². The zero-order valence-electron chi connectivity index (χ0n) is 13.8. The van der Waals surface area contributed by atoms with Crippen LogP contribution in [0.15, 0.2) is 29.3 Å². The molecular weight excluding hydrogens is 374 g/mol. The largest absolute Gasteiger partial charge is 0.465 e. The fraction of sp³-hybridized carbons (Fsp3) is 0.438. The molecule has 27 heavy (non-hydrogen) atoms. The summed E-state index contributed by atoms with van der Waals surface area (Å²) < 4.78 is 54.1. The third kappa shape index (κ3) is 3.67. The molecule has 1 aromatic rings. The molecule has 3 rings (SSSR count). The topological polar surface area (TPSA) is 91.2 Å². The standard InChI is InChI=1S/C16H15F4N3O4/c17-12(18)16(19,20)27-10-3-1-9(2-4-10)11-21-13(24)15(22-11)5-7-23(8-6-15)14(25)26/h1-4,12H,5-8H2,(H,25,26)(H,21,22,24). The zero-order valence-corrected chi connectivity index (χ0v) is 13.8. The number of amides is 2. The number of nitrogens with zero attached hydrogens (tertiary/aromatic N) is 2. The second kappa shape index (κ2) is 6.71. The van der Waals surface area contributed by atoms with Gasteiger partial charge in [-0.2, -0.15) is 17.6 Å². The van der Waals surface area contributed by atoms with E-state index in [1.807, 2.05) is 0 Å². The molecule has 0 radical (unpaired) electrons. The van der Waals surface area contributed by atoms with Crippen LogP contribution in [0.2, 0.25) is 0 Å². The first-order valence-corrected chi connectivity index (χ1v) is 7.97. The summed E-state index contributed by atoms with van der Waals surface area (Å²) in [6, 6.07) is 4.75. The number of hydrogen-bond acceptors (Lipinski definition) is 4. The second-order valence-electron chi connectivity index (χ2n) is 6.20. The maximum atomic E-state index is 12.9. The van der Waals surface area contributed by atoms with Crippen LogP contribution < -0.4 is 10.1 Å². The highest BCUT2D eigenvalue weighted by atomic mass is 19.3. The molecule has 2 heterocycles. The quantitative estimate of drug-likeness (QED) is 0.774. The molecule has 0 atom stereocenters. The van der Waals surface area contributed by atoms with E-state index in [4.69, 9.17) is 5.11 Å². The van der Waals surface area contributed by atoms with E-state index < -0.39 is 29.9 Å². The Bertz CT molecular complexity index is 774. The third-order valence-electron chi connectivity index (χ3n) is 4.48. The number of halogens is 4. The molecule has 11 heteroatoms. The lowest BCUT2D eigenvalue weighted by Crippen LogP contribution is -2.50. The molecule has 1 fully saturated rings. The Morgan fingerprint density at radius 2 is 1.85 bits per heavy atom. The predicted octanol–water partition coefficient (Wildman–Crippen LogP) is 2.31. The molecule has 1 spiro atoms. The van der Waals surface area contributed by atoms with Crippen LogP contribution in [0.4, 0.5) is 22.4 Å². The van der Waals surface area contributed by atoms with Crippen molar-refractivity contribution >= 4 is 17.8 Å². The van der Waals surface area contributed by atoms with Gasteiger partial charge in [0.15, 0.2) is 0 Å². The monoisotopic (exact) mass is 389 g/mol. The summed E-state index contributed by atoms with van der Waals surface area (Å²) in [4.78, 5) is 28.9. The minimum atomic E-state index is -4.61. The lowest BCUT2D eigenvalue weighted by atomic mass is 9.88. The van der Waals surface area contributed by atoms with Gasteiger partial charge in [-0.15, -0.1) is 0 Å². The van der Waals surface area contributed by atoms with Gasteiger partial charge < -0.3 is 20.1 Å². The van der Waals surface area contributed by atoms with Crippen LogP contribution in [0, 0.1) is 0 Å². The number of carboxylic acid groups (broad SMARTS) is 1. The number of piperidine rings is 1. The molecule has 2 aliphatic rings. The second-order valence-corrected chi connectivity index (χ2v) is 6.20. The van der Waals surface area contributed by atoms with Gasteiger partial charge in [0, 0.05) is 18.7 Å². The van der Waals surface area contributed by atoms with E-state index in [1.165, 1.54) is 17.0 Å². The molecule has 0 unspecified atom stereocenters. The Balaban J connectivity index is 1.74. The number of aliphatic imine (C=N–C) groups is 1. The van der Waals surface area contributed by atoms with Crippen LogP contribution in [0.5, 0.6) is 5.75 Å². The van der Waals surface area contributed by atoms with Crippen molar-refractivity contribution in [3.8, 4) is 5.75 Å². The maximum absolute atomic E-state index is 12.9. The van der Waals surface area contributed by atoms with Gasteiger partial charge in [-0.25, -0.2) is 4.79 Å². The molecule has 1 saturated heterocycles. The predicted molar refractivity (Wildman–Crippen MR) is 84.3 cm³/mol. The van der Waals surface area contributed by atoms with E-state index in [0.717, 1.165) is 12.1 Å². The van der Waals surface area contributed by atoms with Crippen molar-refractivity contribution in [3.05, 3.63) is 29.8 Å². The van der Waals surface area contributed by atoms with Crippen LogP contribution in [-0.4, -0.2) is 59.0 Å². The molecule has 0 bridgehead atoms. The molecule has 2 N–H and O–H groups in total. The number of benzene rings is 1. The maximum Gasteiger partial charge on any atom is 0.461 e. The van der Waals surface area contributed by atoms with Gasteiger partial charge in [-0.05, 0) is 37.1 Å². The van der Waals surface area contributed by atoms with Crippen molar-refractivity contribution in [1.29, 1.82) is 0 Å². The minimum Gasteiger partial charge on any atom is -0.465 e. The highest BCUT2D eigenvalue weighted by Crippen LogP contribution is 2.32. The SMILES string of the molecule is O=C(O)N1CCC2(CC1)N=C(c1ccc(OC(F)(F)C(F)F)cc1)NC2=O. The van der Waals surface area contributed by atoms with Gasteiger partial charge in [0.1, 0.15) is 17.1 Å². The van der Waals surface area contributed by atoms with Crippen LogP contribution in [0.25, 0.3) is 0 Å². The summed E-state index contributed by atoms with van der Waals surface area (Å²) in [5.41, 5.74) is -0.687. The van der Waals surface area contributed by atoms with E-state index in [-0.39, 0.29) is 37.7 Å². The molecule has 0 aliphatic carbocycles. The number of carbonyl (C=O) groups is 2. The normalized spacial score (nSPS) is 19.2. The van der Waals surface area contributed by atoms with Crippen molar-refractivity contribution in [2.75, 3.05) is 13.1 Å². The van der Waals surface area contributed by atoms with Gasteiger partial charge in [-0.1, -0.05) is 0 Å².